The van der Waals surface area contributed by atoms with Crippen LogP contribution in [0, 0.1) is 0 Å². The van der Waals surface area contributed by atoms with Crippen molar-refractivity contribution in [2.75, 3.05) is 26.8 Å². The second kappa shape index (κ2) is 6.50. The first-order valence-corrected chi connectivity index (χ1v) is 4.90. The molecule has 0 aliphatic heterocycles. The van der Waals surface area contributed by atoms with Gasteiger partial charge in [0, 0.05) is 26.0 Å². The first kappa shape index (κ1) is 11.1. The summed E-state index contributed by atoms with van der Waals surface area (Å²) in [5, 5.41) is 6.87. The Balaban J connectivity index is 2.27. The third-order valence-corrected chi connectivity index (χ3v) is 1.77. The highest BCUT2D eigenvalue weighted by molar-refractivity contribution is 4.86. The van der Waals surface area contributed by atoms with Crippen molar-refractivity contribution >= 4 is 0 Å². The molecule has 1 aromatic rings. The minimum absolute atomic E-state index is 0.654. The molecule has 5 heteroatoms. The number of ether oxygens (including phenoxy) is 1. The van der Waals surface area contributed by atoms with Crippen molar-refractivity contribution in [3.8, 4) is 0 Å². The van der Waals surface area contributed by atoms with Crippen LogP contribution in [-0.4, -0.2) is 36.9 Å². The lowest BCUT2D eigenvalue weighted by atomic mass is 10.4. The van der Waals surface area contributed by atoms with Gasteiger partial charge in [-0.1, -0.05) is 5.16 Å². The molecule has 1 rings (SSSR count). The maximum Gasteiger partial charge on any atom is 0.227 e. The van der Waals surface area contributed by atoms with Gasteiger partial charge >= 0.3 is 0 Å². The molecule has 1 heterocycles. The zero-order chi connectivity index (χ0) is 10.2. The van der Waals surface area contributed by atoms with Gasteiger partial charge in [0.2, 0.25) is 5.89 Å². The SMILES string of the molecule is CCOCCc1noc(CCNC)n1. The van der Waals surface area contributed by atoms with Crippen molar-refractivity contribution in [2.45, 2.75) is 19.8 Å². The Morgan fingerprint density at radius 2 is 2.29 bits per heavy atom. The Morgan fingerprint density at radius 1 is 1.43 bits per heavy atom. The first-order valence-electron chi connectivity index (χ1n) is 4.90. The summed E-state index contributed by atoms with van der Waals surface area (Å²) in [6, 6.07) is 0. The van der Waals surface area contributed by atoms with Gasteiger partial charge in [0.1, 0.15) is 0 Å². The summed E-state index contributed by atoms with van der Waals surface area (Å²) in [6.45, 7) is 4.20. The molecule has 0 atom stereocenters. The smallest absolute Gasteiger partial charge is 0.227 e. The van der Waals surface area contributed by atoms with Gasteiger partial charge < -0.3 is 14.6 Å². The van der Waals surface area contributed by atoms with Crippen molar-refractivity contribution in [1.29, 1.82) is 0 Å². The van der Waals surface area contributed by atoms with Crippen molar-refractivity contribution in [1.82, 2.24) is 15.5 Å². The molecule has 0 saturated heterocycles. The Hall–Kier alpha value is -0.940. The maximum absolute atomic E-state index is 5.19. The van der Waals surface area contributed by atoms with Gasteiger partial charge in [-0.3, -0.25) is 0 Å². The maximum atomic E-state index is 5.19. The molecule has 80 valence electrons. The van der Waals surface area contributed by atoms with E-state index in [0.717, 1.165) is 31.8 Å². The average Bonchev–Trinajstić information content (AvgIpc) is 2.63. The van der Waals surface area contributed by atoms with Crippen LogP contribution in [-0.2, 0) is 17.6 Å². The number of likely N-dealkylation sites (N-methyl/N-ethyl adjacent to an activating group) is 1. The summed E-state index contributed by atoms with van der Waals surface area (Å²) < 4.78 is 10.2. The van der Waals surface area contributed by atoms with Crippen molar-refractivity contribution < 1.29 is 9.26 Å². The zero-order valence-electron chi connectivity index (χ0n) is 8.75. The van der Waals surface area contributed by atoms with Gasteiger partial charge in [0.15, 0.2) is 5.82 Å². The van der Waals surface area contributed by atoms with Crippen LogP contribution in [0.2, 0.25) is 0 Å². The summed E-state index contributed by atoms with van der Waals surface area (Å²) >= 11 is 0. The third-order valence-electron chi connectivity index (χ3n) is 1.77. The van der Waals surface area contributed by atoms with E-state index in [2.05, 4.69) is 15.5 Å². The van der Waals surface area contributed by atoms with Gasteiger partial charge in [-0.25, -0.2) is 0 Å². The van der Waals surface area contributed by atoms with E-state index in [4.69, 9.17) is 9.26 Å². The highest BCUT2D eigenvalue weighted by Gasteiger charge is 2.04. The van der Waals surface area contributed by atoms with Crippen molar-refractivity contribution in [3.63, 3.8) is 0 Å². The highest BCUT2D eigenvalue weighted by Crippen LogP contribution is 1.98. The lowest BCUT2D eigenvalue weighted by Crippen LogP contribution is -2.10. The lowest BCUT2D eigenvalue weighted by molar-refractivity contribution is 0.149. The molecule has 0 aliphatic rings. The summed E-state index contributed by atoms with van der Waals surface area (Å²) in [5.41, 5.74) is 0. The van der Waals surface area contributed by atoms with E-state index >= 15 is 0 Å². The molecule has 1 aromatic heterocycles. The molecule has 0 amide bonds. The molecule has 0 saturated carbocycles. The van der Waals surface area contributed by atoms with Crippen LogP contribution in [0.4, 0.5) is 0 Å². The molecule has 0 unspecified atom stereocenters. The van der Waals surface area contributed by atoms with Gasteiger partial charge in [-0.15, -0.1) is 0 Å². The van der Waals surface area contributed by atoms with Gasteiger partial charge in [0.05, 0.1) is 6.61 Å². The Labute approximate surface area is 83.8 Å². The molecular weight excluding hydrogens is 182 g/mol. The fraction of sp³-hybridized carbons (Fsp3) is 0.778. The number of hydrogen-bond acceptors (Lipinski definition) is 5. The Morgan fingerprint density at radius 3 is 3.00 bits per heavy atom. The molecule has 0 aromatic carbocycles. The third kappa shape index (κ3) is 3.85. The van der Waals surface area contributed by atoms with Crippen molar-refractivity contribution in [2.24, 2.45) is 0 Å². The van der Waals surface area contributed by atoms with E-state index in [1.165, 1.54) is 0 Å². The highest BCUT2D eigenvalue weighted by atomic mass is 16.5. The second-order valence-corrected chi connectivity index (χ2v) is 2.90. The standard InChI is InChI=1S/C9H17N3O2/c1-3-13-7-5-8-11-9(14-12-8)4-6-10-2/h10H,3-7H2,1-2H3. The predicted octanol–water partition coefficient (Wildman–Crippen LogP) is 0.410. The zero-order valence-corrected chi connectivity index (χ0v) is 8.75. The Bertz CT molecular complexity index is 250. The first-order chi connectivity index (χ1) is 6.86. The van der Waals surface area contributed by atoms with Crippen LogP contribution >= 0.6 is 0 Å². The minimum atomic E-state index is 0.654. The predicted molar refractivity (Wildman–Crippen MR) is 52.1 cm³/mol. The Kier molecular flexibility index (Phi) is 5.17. The molecule has 0 bridgehead atoms. The van der Waals surface area contributed by atoms with E-state index in [9.17, 15) is 0 Å². The average molecular weight is 199 g/mol. The largest absolute Gasteiger partial charge is 0.381 e. The number of aromatic nitrogens is 2. The van der Waals surface area contributed by atoms with Gasteiger partial charge in [-0.2, -0.15) is 4.98 Å². The van der Waals surface area contributed by atoms with Crippen LogP contribution in [0.25, 0.3) is 0 Å². The number of nitrogens with one attached hydrogen (secondary N) is 1. The van der Waals surface area contributed by atoms with Crippen LogP contribution in [0.3, 0.4) is 0 Å². The van der Waals surface area contributed by atoms with Crippen LogP contribution in [0.5, 0.6) is 0 Å². The summed E-state index contributed by atoms with van der Waals surface area (Å²) in [5.74, 6) is 1.41. The topological polar surface area (TPSA) is 60.2 Å². The fourth-order valence-electron chi connectivity index (χ4n) is 1.03. The molecule has 5 nitrogen and oxygen atoms in total. The number of nitrogens with zero attached hydrogens (tertiary/aromatic N) is 2. The molecule has 14 heavy (non-hydrogen) atoms. The van der Waals surface area contributed by atoms with Gasteiger partial charge in [0.25, 0.3) is 0 Å². The molecule has 0 spiro atoms. The van der Waals surface area contributed by atoms with E-state index in [1.807, 2.05) is 14.0 Å². The van der Waals surface area contributed by atoms with E-state index in [0.29, 0.717) is 12.5 Å². The number of rotatable bonds is 7. The number of hydrogen-bond donors (Lipinski definition) is 1. The fourth-order valence-corrected chi connectivity index (χ4v) is 1.03. The van der Waals surface area contributed by atoms with Crippen molar-refractivity contribution in [3.05, 3.63) is 11.7 Å². The van der Waals surface area contributed by atoms with Crippen LogP contribution in [0.15, 0.2) is 4.52 Å². The summed E-state index contributed by atoms with van der Waals surface area (Å²) in [7, 11) is 1.90. The van der Waals surface area contributed by atoms with Crippen LogP contribution in [0.1, 0.15) is 18.6 Å². The molecule has 0 aliphatic carbocycles. The molecule has 0 radical (unpaired) electrons. The second-order valence-electron chi connectivity index (χ2n) is 2.90. The van der Waals surface area contributed by atoms with E-state index in [-0.39, 0.29) is 0 Å². The molecule has 0 fully saturated rings. The molecular formula is C9H17N3O2. The quantitative estimate of drug-likeness (QED) is 0.644. The van der Waals surface area contributed by atoms with E-state index in [1.54, 1.807) is 0 Å². The van der Waals surface area contributed by atoms with Crippen LogP contribution < -0.4 is 5.32 Å². The van der Waals surface area contributed by atoms with E-state index < -0.39 is 0 Å². The lowest BCUT2D eigenvalue weighted by Gasteiger charge is -1.95. The summed E-state index contributed by atoms with van der Waals surface area (Å²) in [6.07, 6.45) is 1.50. The normalized spacial score (nSPS) is 10.7. The molecule has 1 N–H and O–H groups in total. The minimum Gasteiger partial charge on any atom is -0.381 e. The summed E-state index contributed by atoms with van der Waals surface area (Å²) in [4.78, 5) is 4.22. The monoisotopic (exact) mass is 199 g/mol. The van der Waals surface area contributed by atoms with Gasteiger partial charge in [-0.05, 0) is 14.0 Å².